The van der Waals surface area contributed by atoms with Crippen LogP contribution in [-0.2, 0) is 14.2 Å². The lowest BCUT2D eigenvalue weighted by molar-refractivity contribution is -0.322. The van der Waals surface area contributed by atoms with Crippen LogP contribution in [0.15, 0.2) is 12.5 Å². The van der Waals surface area contributed by atoms with Gasteiger partial charge >= 0.3 is 6.36 Å². The highest BCUT2D eigenvalue weighted by atomic mass is 19.4. The summed E-state index contributed by atoms with van der Waals surface area (Å²) in [6.07, 6.45) is -4.75. The molecule has 0 N–H and O–H groups in total. The maximum absolute atomic E-state index is 11.4. The highest BCUT2D eigenvalue weighted by Gasteiger charge is 2.32. The fraction of sp³-hybridized carbons (Fsp3) is 0.667. The van der Waals surface area contributed by atoms with E-state index < -0.39 is 12.3 Å². The van der Waals surface area contributed by atoms with E-state index in [0.29, 0.717) is 0 Å². The smallest absolute Gasteiger partial charge is 0.463 e. The number of hydrogen-bond acceptors (Lipinski definition) is 3. The SMILES string of the molecule is C=C(OCCOC)OC(F)(F)F. The highest BCUT2D eigenvalue weighted by molar-refractivity contribution is 4.68. The molecule has 12 heavy (non-hydrogen) atoms. The van der Waals surface area contributed by atoms with Crippen LogP contribution in [0.1, 0.15) is 0 Å². The zero-order valence-corrected chi connectivity index (χ0v) is 6.48. The first-order valence-corrected chi connectivity index (χ1v) is 3.02. The Morgan fingerprint density at radius 2 is 1.92 bits per heavy atom. The predicted octanol–water partition coefficient (Wildman–Crippen LogP) is 1.66. The van der Waals surface area contributed by atoms with E-state index in [1.54, 1.807) is 0 Å². The van der Waals surface area contributed by atoms with Gasteiger partial charge in [0.05, 0.1) is 6.61 Å². The molecular weight excluding hydrogens is 177 g/mol. The van der Waals surface area contributed by atoms with E-state index in [9.17, 15) is 13.2 Å². The minimum absolute atomic E-state index is 0.0224. The Bertz CT molecular complexity index is 143. The topological polar surface area (TPSA) is 27.7 Å². The number of rotatable bonds is 5. The second-order valence-electron chi connectivity index (χ2n) is 1.76. The standard InChI is InChI=1S/C6H9F3O3/c1-5(11-4-3-10-2)12-6(7,8)9/h1,3-4H2,2H3. The minimum Gasteiger partial charge on any atom is -0.463 e. The van der Waals surface area contributed by atoms with Gasteiger partial charge in [-0.05, 0) is 6.58 Å². The van der Waals surface area contributed by atoms with E-state index >= 15 is 0 Å². The number of alkyl halides is 3. The number of halogens is 3. The van der Waals surface area contributed by atoms with Gasteiger partial charge in [0.1, 0.15) is 6.61 Å². The largest absolute Gasteiger partial charge is 0.575 e. The molecule has 0 aliphatic heterocycles. The molecule has 0 aromatic rings. The van der Waals surface area contributed by atoms with Crippen LogP contribution in [0.5, 0.6) is 0 Å². The maximum atomic E-state index is 11.4. The van der Waals surface area contributed by atoms with Gasteiger partial charge in [0.15, 0.2) is 0 Å². The molecule has 0 aromatic carbocycles. The van der Waals surface area contributed by atoms with Gasteiger partial charge in [-0.15, -0.1) is 13.2 Å². The molecule has 0 bridgehead atoms. The number of hydrogen-bond donors (Lipinski definition) is 0. The van der Waals surface area contributed by atoms with Crippen LogP contribution in [0.4, 0.5) is 13.2 Å². The summed E-state index contributed by atoms with van der Waals surface area (Å²) in [6, 6.07) is 0. The van der Waals surface area contributed by atoms with Crippen LogP contribution in [0.3, 0.4) is 0 Å². The van der Waals surface area contributed by atoms with Crippen molar-refractivity contribution >= 4 is 0 Å². The van der Waals surface area contributed by atoms with E-state index in [1.807, 2.05) is 0 Å². The van der Waals surface area contributed by atoms with Gasteiger partial charge < -0.3 is 14.2 Å². The first-order valence-electron chi connectivity index (χ1n) is 3.02. The van der Waals surface area contributed by atoms with E-state index in [1.165, 1.54) is 7.11 Å². The number of methoxy groups -OCH3 is 1. The Morgan fingerprint density at radius 3 is 2.33 bits per heavy atom. The highest BCUT2D eigenvalue weighted by Crippen LogP contribution is 2.19. The minimum atomic E-state index is -4.75. The van der Waals surface area contributed by atoms with Crippen LogP contribution in [0.2, 0.25) is 0 Å². The molecule has 0 aliphatic rings. The molecule has 6 heteroatoms. The Morgan fingerprint density at radius 1 is 1.33 bits per heavy atom. The van der Waals surface area contributed by atoms with Crippen molar-refractivity contribution in [3.05, 3.63) is 12.5 Å². The van der Waals surface area contributed by atoms with Crippen molar-refractivity contribution in [3.8, 4) is 0 Å². The first-order chi connectivity index (χ1) is 5.45. The van der Waals surface area contributed by atoms with Crippen LogP contribution >= 0.6 is 0 Å². The molecule has 0 heterocycles. The van der Waals surface area contributed by atoms with Crippen LogP contribution < -0.4 is 0 Å². The van der Waals surface area contributed by atoms with Crippen LogP contribution in [0.25, 0.3) is 0 Å². The average Bonchev–Trinajstić information content (AvgIpc) is 1.84. The second-order valence-corrected chi connectivity index (χ2v) is 1.76. The summed E-state index contributed by atoms with van der Waals surface area (Å²) in [5.41, 5.74) is 0. The molecule has 0 unspecified atom stereocenters. The normalized spacial score (nSPS) is 11.0. The third-order valence-corrected chi connectivity index (χ3v) is 0.780. The van der Waals surface area contributed by atoms with Crippen molar-refractivity contribution in [2.45, 2.75) is 6.36 Å². The molecule has 0 aromatic heterocycles. The van der Waals surface area contributed by atoms with Crippen molar-refractivity contribution in [1.29, 1.82) is 0 Å². The number of ether oxygens (including phenoxy) is 3. The zero-order chi connectivity index (χ0) is 9.61. The first kappa shape index (κ1) is 11.1. The Balaban J connectivity index is 3.47. The third kappa shape index (κ3) is 7.20. The predicted molar refractivity (Wildman–Crippen MR) is 34.1 cm³/mol. The summed E-state index contributed by atoms with van der Waals surface area (Å²) in [7, 11) is 1.40. The molecule has 72 valence electrons. The monoisotopic (exact) mass is 186 g/mol. The second kappa shape index (κ2) is 4.87. The Labute approximate surface area is 67.7 Å². The average molecular weight is 186 g/mol. The Hall–Kier alpha value is -0.910. The molecule has 0 saturated heterocycles. The van der Waals surface area contributed by atoms with E-state index in [2.05, 4.69) is 20.8 Å². The van der Waals surface area contributed by atoms with Gasteiger partial charge in [-0.3, -0.25) is 0 Å². The van der Waals surface area contributed by atoms with E-state index in [-0.39, 0.29) is 13.2 Å². The van der Waals surface area contributed by atoms with Gasteiger partial charge in [-0.2, -0.15) is 0 Å². The molecule has 0 spiro atoms. The molecule has 3 nitrogen and oxygen atoms in total. The van der Waals surface area contributed by atoms with E-state index in [0.717, 1.165) is 0 Å². The fourth-order valence-electron chi connectivity index (χ4n) is 0.397. The maximum Gasteiger partial charge on any atom is 0.575 e. The molecule has 0 aliphatic carbocycles. The quantitative estimate of drug-likeness (QED) is 0.482. The van der Waals surface area contributed by atoms with Gasteiger partial charge in [-0.1, -0.05) is 0 Å². The lowest BCUT2D eigenvalue weighted by Crippen LogP contribution is -2.15. The summed E-state index contributed by atoms with van der Waals surface area (Å²) >= 11 is 0. The molecule has 0 rings (SSSR count). The van der Waals surface area contributed by atoms with Crippen molar-refractivity contribution in [1.82, 2.24) is 0 Å². The molecule has 0 saturated carbocycles. The van der Waals surface area contributed by atoms with Gasteiger partial charge in [0.2, 0.25) is 0 Å². The molecular formula is C6H9F3O3. The van der Waals surface area contributed by atoms with Gasteiger partial charge in [-0.25, -0.2) is 0 Å². The van der Waals surface area contributed by atoms with Crippen LogP contribution in [-0.4, -0.2) is 26.7 Å². The molecule has 0 fully saturated rings. The summed E-state index contributed by atoms with van der Waals surface area (Å²) in [6.45, 7) is 3.05. The lowest BCUT2D eigenvalue weighted by Gasteiger charge is -2.11. The van der Waals surface area contributed by atoms with Crippen molar-refractivity contribution in [2.75, 3.05) is 20.3 Å². The van der Waals surface area contributed by atoms with Gasteiger partial charge in [0.25, 0.3) is 5.95 Å². The van der Waals surface area contributed by atoms with E-state index in [4.69, 9.17) is 0 Å². The molecule has 0 atom stereocenters. The molecule has 0 radical (unpaired) electrons. The molecule has 0 amide bonds. The Kier molecular flexibility index (Phi) is 4.50. The zero-order valence-electron chi connectivity index (χ0n) is 6.48. The van der Waals surface area contributed by atoms with Gasteiger partial charge in [0, 0.05) is 7.11 Å². The van der Waals surface area contributed by atoms with Crippen LogP contribution in [0, 0.1) is 0 Å². The summed E-state index contributed by atoms with van der Waals surface area (Å²) in [4.78, 5) is 0. The summed E-state index contributed by atoms with van der Waals surface area (Å²) in [5.74, 6) is -0.778. The fourth-order valence-corrected chi connectivity index (χ4v) is 0.397. The van der Waals surface area contributed by atoms with Crippen molar-refractivity contribution < 1.29 is 27.4 Å². The van der Waals surface area contributed by atoms with Crippen molar-refractivity contribution in [2.24, 2.45) is 0 Å². The lowest BCUT2D eigenvalue weighted by atomic mass is 10.8. The third-order valence-electron chi connectivity index (χ3n) is 0.780. The summed E-state index contributed by atoms with van der Waals surface area (Å²) < 4.78 is 46.5. The van der Waals surface area contributed by atoms with Crippen molar-refractivity contribution in [3.63, 3.8) is 0 Å². The summed E-state index contributed by atoms with van der Waals surface area (Å²) in [5, 5.41) is 0.